The number of ether oxygens (including phenoxy) is 1. The molecule has 22 heavy (non-hydrogen) atoms. The van der Waals surface area contributed by atoms with Crippen molar-refractivity contribution in [2.24, 2.45) is 10.8 Å². The number of hydrogen-bond donors (Lipinski definition) is 1. The van der Waals surface area contributed by atoms with Crippen molar-refractivity contribution < 1.29 is 4.74 Å². The van der Waals surface area contributed by atoms with Crippen LogP contribution in [0.1, 0.15) is 47.1 Å². The maximum Gasteiger partial charge on any atom is 0.121 e. The second-order valence-corrected chi connectivity index (χ2v) is 8.06. The molecule has 0 saturated heterocycles. The van der Waals surface area contributed by atoms with E-state index in [-0.39, 0.29) is 16.9 Å². The summed E-state index contributed by atoms with van der Waals surface area (Å²) in [6.45, 7) is 13.3. The quantitative estimate of drug-likeness (QED) is 0.894. The zero-order chi connectivity index (χ0) is 16.7. The largest absolute Gasteiger partial charge is 0.489 e. The molecule has 120 valence electrons. The van der Waals surface area contributed by atoms with Crippen molar-refractivity contribution in [3.63, 3.8) is 0 Å². The minimum atomic E-state index is 0.0220. The highest BCUT2D eigenvalue weighted by Crippen LogP contribution is 2.55. The van der Waals surface area contributed by atoms with E-state index in [4.69, 9.17) is 21.6 Å². The van der Waals surface area contributed by atoms with Crippen molar-refractivity contribution in [3.05, 3.63) is 28.8 Å². The molecule has 4 heteroatoms. The third kappa shape index (κ3) is 2.83. The third-order valence-corrected chi connectivity index (χ3v) is 4.97. The summed E-state index contributed by atoms with van der Waals surface area (Å²) in [4.78, 5) is 0. The Labute approximate surface area is 138 Å². The van der Waals surface area contributed by atoms with Crippen LogP contribution in [0.25, 0.3) is 0 Å². The van der Waals surface area contributed by atoms with E-state index in [0.29, 0.717) is 22.7 Å². The SMILES string of the molecule is CC(C)N[C@H]1C(C)(C)[C@H](Oc2ccc(C#N)c(Cl)c2)C1(C)C. The summed E-state index contributed by atoms with van der Waals surface area (Å²) in [5, 5.41) is 13.0. The van der Waals surface area contributed by atoms with Crippen LogP contribution in [0.3, 0.4) is 0 Å². The number of nitrogens with one attached hydrogen (secondary N) is 1. The summed E-state index contributed by atoms with van der Waals surface area (Å²) >= 11 is 6.10. The minimum Gasteiger partial charge on any atom is -0.489 e. The van der Waals surface area contributed by atoms with Crippen molar-refractivity contribution in [1.29, 1.82) is 5.26 Å². The van der Waals surface area contributed by atoms with Crippen molar-refractivity contribution >= 4 is 11.6 Å². The lowest BCUT2D eigenvalue weighted by Crippen LogP contribution is -2.74. The second kappa shape index (κ2) is 5.76. The average Bonchev–Trinajstić information content (AvgIpc) is 2.41. The van der Waals surface area contributed by atoms with Gasteiger partial charge in [-0.25, -0.2) is 0 Å². The molecule has 0 spiro atoms. The average molecular weight is 321 g/mol. The Balaban J connectivity index is 2.20. The Morgan fingerprint density at radius 3 is 2.27 bits per heavy atom. The first-order chi connectivity index (χ1) is 10.1. The number of halogens is 1. The number of nitriles is 1. The number of nitrogens with zero attached hydrogens (tertiary/aromatic N) is 1. The molecular formula is C18H25ClN2O. The maximum atomic E-state index is 8.95. The molecule has 1 aliphatic carbocycles. The lowest BCUT2D eigenvalue weighted by Gasteiger charge is -2.63. The fraction of sp³-hybridized carbons (Fsp3) is 0.611. The molecule has 1 saturated carbocycles. The Bertz CT molecular complexity index is 586. The zero-order valence-corrected chi connectivity index (χ0v) is 15.0. The second-order valence-electron chi connectivity index (χ2n) is 7.65. The van der Waals surface area contributed by atoms with Gasteiger partial charge in [-0.2, -0.15) is 5.26 Å². The molecule has 2 rings (SSSR count). The molecule has 0 aliphatic heterocycles. The first kappa shape index (κ1) is 17.1. The molecule has 0 bridgehead atoms. The van der Waals surface area contributed by atoms with Gasteiger partial charge in [0, 0.05) is 29.0 Å². The molecule has 1 aliphatic rings. The molecule has 0 amide bonds. The van der Waals surface area contributed by atoms with Gasteiger partial charge in [-0.05, 0) is 12.1 Å². The molecule has 1 aromatic rings. The Kier molecular flexibility index (Phi) is 4.48. The van der Waals surface area contributed by atoms with Crippen molar-refractivity contribution in [2.75, 3.05) is 0 Å². The fourth-order valence-electron chi connectivity index (χ4n) is 3.99. The van der Waals surface area contributed by atoms with Crippen LogP contribution in [0, 0.1) is 22.2 Å². The molecular weight excluding hydrogens is 296 g/mol. The first-order valence-electron chi connectivity index (χ1n) is 7.73. The van der Waals surface area contributed by atoms with Gasteiger partial charge in [0.1, 0.15) is 17.9 Å². The maximum absolute atomic E-state index is 8.95. The van der Waals surface area contributed by atoms with Gasteiger partial charge < -0.3 is 10.1 Å². The van der Waals surface area contributed by atoms with Crippen LogP contribution in [0.4, 0.5) is 0 Å². The highest BCUT2D eigenvalue weighted by atomic mass is 35.5. The van der Waals surface area contributed by atoms with E-state index in [0.717, 1.165) is 5.75 Å². The lowest BCUT2D eigenvalue weighted by molar-refractivity contribution is -0.170. The Morgan fingerprint density at radius 1 is 1.23 bits per heavy atom. The highest BCUT2D eigenvalue weighted by Gasteiger charge is 2.63. The smallest absolute Gasteiger partial charge is 0.121 e. The van der Waals surface area contributed by atoms with Crippen LogP contribution in [0.2, 0.25) is 5.02 Å². The number of benzene rings is 1. The number of hydrogen-bond acceptors (Lipinski definition) is 3. The summed E-state index contributed by atoms with van der Waals surface area (Å²) in [5.41, 5.74) is 0.517. The molecule has 0 atom stereocenters. The van der Waals surface area contributed by atoms with Gasteiger partial charge in [0.05, 0.1) is 10.6 Å². The van der Waals surface area contributed by atoms with E-state index in [1.54, 1.807) is 12.1 Å². The molecule has 0 radical (unpaired) electrons. The van der Waals surface area contributed by atoms with Crippen molar-refractivity contribution in [3.8, 4) is 11.8 Å². The molecule has 1 aromatic carbocycles. The molecule has 0 aromatic heterocycles. The van der Waals surface area contributed by atoms with Crippen LogP contribution < -0.4 is 10.1 Å². The van der Waals surface area contributed by atoms with Crippen LogP contribution in [-0.2, 0) is 0 Å². The van der Waals surface area contributed by atoms with Gasteiger partial charge in [0.25, 0.3) is 0 Å². The predicted octanol–water partition coefficient (Wildman–Crippen LogP) is 4.39. The normalized spacial score (nSPS) is 25.4. The van der Waals surface area contributed by atoms with Gasteiger partial charge in [-0.15, -0.1) is 0 Å². The minimum absolute atomic E-state index is 0.0220. The topological polar surface area (TPSA) is 45.0 Å². The van der Waals surface area contributed by atoms with E-state index in [9.17, 15) is 0 Å². The van der Waals surface area contributed by atoms with E-state index in [1.807, 2.05) is 6.07 Å². The van der Waals surface area contributed by atoms with E-state index in [1.165, 1.54) is 0 Å². The summed E-state index contributed by atoms with van der Waals surface area (Å²) < 4.78 is 6.24. The first-order valence-corrected chi connectivity index (χ1v) is 8.11. The summed E-state index contributed by atoms with van der Waals surface area (Å²) in [5.74, 6) is 0.721. The van der Waals surface area contributed by atoms with Gasteiger partial charge in [-0.3, -0.25) is 0 Å². The summed E-state index contributed by atoms with van der Waals surface area (Å²) in [6, 6.07) is 8.15. The molecule has 0 unspecified atom stereocenters. The van der Waals surface area contributed by atoms with Crippen LogP contribution in [-0.4, -0.2) is 18.2 Å². The highest BCUT2D eigenvalue weighted by molar-refractivity contribution is 6.31. The standard InChI is InChI=1S/C18H25ClN2O/c1-11(2)21-15-17(3,4)16(18(15,5)6)22-13-8-7-12(10-20)14(19)9-13/h7-9,11,15-16,21H,1-6H3/t15-,16-. The molecule has 3 nitrogen and oxygen atoms in total. The summed E-state index contributed by atoms with van der Waals surface area (Å²) in [7, 11) is 0. The van der Waals surface area contributed by atoms with Crippen molar-refractivity contribution in [1.82, 2.24) is 5.32 Å². The zero-order valence-electron chi connectivity index (χ0n) is 14.2. The van der Waals surface area contributed by atoms with Crippen LogP contribution in [0.15, 0.2) is 18.2 Å². The van der Waals surface area contributed by atoms with E-state index in [2.05, 4.69) is 52.9 Å². The van der Waals surface area contributed by atoms with Crippen molar-refractivity contribution in [2.45, 2.75) is 59.7 Å². The fourth-order valence-corrected chi connectivity index (χ4v) is 4.20. The van der Waals surface area contributed by atoms with Gasteiger partial charge in [-0.1, -0.05) is 53.1 Å². The molecule has 1 N–H and O–H groups in total. The molecule has 0 heterocycles. The summed E-state index contributed by atoms with van der Waals surface area (Å²) in [6.07, 6.45) is 0.0836. The third-order valence-electron chi connectivity index (χ3n) is 4.65. The van der Waals surface area contributed by atoms with Gasteiger partial charge in [0.2, 0.25) is 0 Å². The monoisotopic (exact) mass is 320 g/mol. The predicted molar refractivity (Wildman–Crippen MR) is 90.2 cm³/mol. The number of rotatable bonds is 4. The van der Waals surface area contributed by atoms with Gasteiger partial charge in [0.15, 0.2) is 0 Å². The van der Waals surface area contributed by atoms with Crippen LogP contribution in [0.5, 0.6) is 5.75 Å². The van der Waals surface area contributed by atoms with E-state index < -0.39 is 0 Å². The Hall–Kier alpha value is -1.24. The Morgan fingerprint density at radius 2 is 1.82 bits per heavy atom. The lowest BCUT2D eigenvalue weighted by atomic mass is 9.49. The van der Waals surface area contributed by atoms with Crippen LogP contribution >= 0.6 is 11.6 Å². The van der Waals surface area contributed by atoms with E-state index >= 15 is 0 Å². The van der Waals surface area contributed by atoms with Gasteiger partial charge >= 0.3 is 0 Å². The molecule has 1 fully saturated rings.